The number of hydrogen-bond donors (Lipinski definition) is 2. The fraction of sp³-hybridized carbons (Fsp3) is 0.200. The van der Waals surface area contributed by atoms with Crippen molar-refractivity contribution in [3.8, 4) is 11.3 Å². The molecule has 1 fully saturated rings. The number of benzene rings is 2. The van der Waals surface area contributed by atoms with Crippen molar-refractivity contribution in [1.29, 1.82) is 0 Å². The summed E-state index contributed by atoms with van der Waals surface area (Å²) in [4.78, 5) is 13.8. The van der Waals surface area contributed by atoms with Crippen LogP contribution in [0.1, 0.15) is 18.4 Å². The molecule has 126 valence electrons. The predicted octanol–water partition coefficient (Wildman–Crippen LogP) is 3.82. The van der Waals surface area contributed by atoms with E-state index in [1.165, 1.54) is 0 Å². The van der Waals surface area contributed by atoms with E-state index in [0.717, 1.165) is 41.2 Å². The largest absolute Gasteiger partial charge is 0.381 e. The highest BCUT2D eigenvalue weighted by molar-refractivity contribution is 5.95. The van der Waals surface area contributed by atoms with Gasteiger partial charge >= 0.3 is 0 Å². The van der Waals surface area contributed by atoms with Crippen molar-refractivity contribution in [2.45, 2.75) is 19.4 Å². The number of nitrogens with zero attached hydrogens (tertiary/aromatic N) is 2. The van der Waals surface area contributed by atoms with E-state index in [9.17, 15) is 4.79 Å². The maximum absolute atomic E-state index is 11.9. The van der Waals surface area contributed by atoms with E-state index in [-0.39, 0.29) is 5.91 Å². The molecule has 2 N–H and O–H groups in total. The third-order valence-corrected chi connectivity index (χ3v) is 4.49. The molecule has 0 spiro atoms. The molecule has 4 rings (SSSR count). The molecule has 1 aliphatic rings. The summed E-state index contributed by atoms with van der Waals surface area (Å²) in [5.74, 6) is 0.207. The average Bonchev–Trinajstić information content (AvgIpc) is 3.30. The minimum Gasteiger partial charge on any atom is -0.381 e. The van der Waals surface area contributed by atoms with Crippen molar-refractivity contribution in [1.82, 2.24) is 10.2 Å². The van der Waals surface area contributed by atoms with Gasteiger partial charge in [-0.05, 0) is 30.2 Å². The van der Waals surface area contributed by atoms with E-state index in [1.54, 1.807) is 0 Å². The summed E-state index contributed by atoms with van der Waals surface area (Å²) >= 11 is 0. The minimum absolute atomic E-state index is 0.207. The van der Waals surface area contributed by atoms with Gasteiger partial charge in [0.05, 0.1) is 11.9 Å². The highest BCUT2D eigenvalue weighted by Gasteiger charge is 2.21. The molecule has 0 atom stereocenters. The van der Waals surface area contributed by atoms with Crippen LogP contribution in [-0.2, 0) is 11.3 Å². The Labute approximate surface area is 146 Å². The van der Waals surface area contributed by atoms with Gasteiger partial charge in [-0.25, -0.2) is 0 Å². The van der Waals surface area contributed by atoms with Crippen LogP contribution in [0.2, 0.25) is 0 Å². The highest BCUT2D eigenvalue weighted by Crippen LogP contribution is 2.25. The maximum atomic E-state index is 11.9. The second-order valence-electron chi connectivity index (χ2n) is 6.19. The van der Waals surface area contributed by atoms with Crippen molar-refractivity contribution in [2.24, 2.45) is 0 Å². The number of anilines is 2. The molecular weight excluding hydrogens is 312 g/mol. The molecule has 0 bridgehead atoms. The number of aromatic nitrogens is 2. The van der Waals surface area contributed by atoms with Gasteiger partial charge in [0.15, 0.2) is 0 Å². The Morgan fingerprint density at radius 3 is 2.80 bits per heavy atom. The molecule has 2 aromatic carbocycles. The Hall–Kier alpha value is -3.08. The van der Waals surface area contributed by atoms with Gasteiger partial charge in [-0.2, -0.15) is 5.10 Å². The van der Waals surface area contributed by atoms with Gasteiger partial charge in [0.2, 0.25) is 5.91 Å². The van der Waals surface area contributed by atoms with Crippen LogP contribution < -0.4 is 10.2 Å². The lowest BCUT2D eigenvalue weighted by molar-refractivity contribution is -0.117. The topological polar surface area (TPSA) is 61.0 Å². The van der Waals surface area contributed by atoms with Crippen molar-refractivity contribution < 1.29 is 4.79 Å². The molecule has 25 heavy (non-hydrogen) atoms. The first-order chi connectivity index (χ1) is 12.3. The lowest BCUT2D eigenvalue weighted by Crippen LogP contribution is -2.23. The fourth-order valence-corrected chi connectivity index (χ4v) is 3.20. The Morgan fingerprint density at radius 2 is 2.00 bits per heavy atom. The molecule has 1 saturated heterocycles. The van der Waals surface area contributed by atoms with Crippen LogP contribution in [0.5, 0.6) is 0 Å². The summed E-state index contributed by atoms with van der Waals surface area (Å²) in [5.41, 5.74) is 5.21. The highest BCUT2D eigenvalue weighted by atomic mass is 16.2. The summed E-state index contributed by atoms with van der Waals surface area (Å²) in [6, 6.07) is 18.2. The van der Waals surface area contributed by atoms with Crippen molar-refractivity contribution >= 4 is 17.3 Å². The van der Waals surface area contributed by atoms with Crippen molar-refractivity contribution in [3.63, 3.8) is 0 Å². The molecular formula is C20H20N4O. The van der Waals surface area contributed by atoms with Crippen LogP contribution in [0.25, 0.3) is 11.3 Å². The summed E-state index contributed by atoms with van der Waals surface area (Å²) in [5, 5.41) is 10.7. The van der Waals surface area contributed by atoms with Crippen molar-refractivity contribution in [3.05, 3.63) is 66.4 Å². The minimum atomic E-state index is 0.207. The van der Waals surface area contributed by atoms with Gasteiger partial charge in [0.1, 0.15) is 0 Å². The van der Waals surface area contributed by atoms with Gasteiger partial charge < -0.3 is 10.2 Å². The van der Waals surface area contributed by atoms with E-state index >= 15 is 0 Å². The number of carbonyl (C=O) groups is 1. The number of nitrogens with one attached hydrogen (secondary N) is 2. The third-order valence-electron chi connectivity index (χ3n) is 4.49. The zero-order chi connectivity index (χ0) is 17.1. The summed E-state index contributed by atoms with van der Waals surface area (Å²) in [6.07, 6.45) is 3.43. The molecule has 0 saturated carbocycles. The van der Waals surface area contributed by atoms with Gasteiger partial charge in [-0.15, -0.1) is 0 Å². The molecule has 3 aromatic rings. The smallest absolute Gasteiger partial charge is 0.227 e. The van der Waals surface area contributed by atoms with Gasteiger partial charge in [-0.3, -0.25) is 9.89 Å². The predicted molar refractivity (Wildman–Crippen MR) is 99.4 cm³/mol. The van der Waals surface area contributed by atoms with E-state index in [1.807, 2.05) is 53.6 Å². The number of aromatic amines is 1. The third kappa shape index (κ3) is 3.26. The van der Waals surface area contributed by atoms with Crippen LogP contribution in [0.15, 0.2) is 60.8 Å². The number of amides is 1. The van der Waals surface area contributed by atoms with Gasteiger partial charge in [-0.1, -0.05) is 36.4 Å². The lowest BCUT2D eigenvalue weighted by Gasteiger charge is -2.17. The first kappa shape index (κ1) is 15.4. The zero-order valence-electron chi connectivity index (χ0n) is 13.9. The number of carbonyl (C=O) groups excluding carboxylic acids is 1. The van der Waals surface area contributed by atoms with Crippen LogP contribution in [0.3, 0.4) is 0 Å². The maximum Gasteiger partial charge on any atom is 0.227 e. The molecule has 5 nitrogen and oxygen atoms in total. The molecule has 0 aliphatic carbocycles. The van der Waals surface area contributed by atoms with Crippen LogP contribution in [-0.4, -0.2) is 22.6 Å². The molecule has 1 aromatic heterocycles. The monoisotopic (exact) mass is 332 g/mol. The summed E-state index contributed by atoms with van der Waals surface area (Å²) < 4.78 is 0. The van der Waals surface area contributed by atoms with Crippen LogP contribution in [0.4, 0.5) is 11.4 Å². The SMILES string of the molecule is O=C1CCCN1c1cccc(NCc2cn[nH]c2-c2ccccc2)c1. The Bertz CT molecular complexity index is 872. The molecule has 0 unspecified atom stereocenters. The first-order valence-electron chi connectivity index (χ1n) is 8.53. The first-order valence-corrected chi connectivity index (χ1v) is 8.53. The zero-order valence-corrected chi connectivity index (χ0v) is 13.9. The lowest BCUT2D eigenvalue weighted by atomic mass is 10.1. The van der Waals surface area contributed by atoms with E-state index in [2.05, 4.69) is 27.6 Å². The normalized spacial score (nSPS) is 14.1. The molecule has 2 heterocycles. The Morgan fingerprint density at radius 1 is 1.12 bits per heavy atom. The molecule has 1 aliphatic heterocycles. The standard InChI is InChI=1S/C20H20N4O/c25-19-10-5-11-24(19)18-9-4-8-17(12-18)21-13-16-14-22-23-20(16)15-6-2-1-3-7-15/h1-4,6-9,12,14,21H,5,10-11,13H2,(H,22,23). The van der Waals surface area contributed by atoms with E-state index < -0.39 is 0 Å². The van der Waals surface area contributed by atoms with Gasteiger partial charge in [0.25, 0.3) is 0 Å². The number of H-pyrrole nitrogens is 1. The second kappa shape index (κ2) is 6.81. The molecule has 1 amide bonds. The molecule has 0 radical (unpaired) electrons. The Kier molecular flexibility index (Phi) is 4.21. The van der Waals surface area contributed by atoms with Gasteiger partial charge in [0, 0.05) is 36.4 Å². The second-order valence-corrected chi connectivity index (χ2v) is 6.19. The quantitative estimate of drug-likeness (QED) is 0.747. The number of rotatable bonds is 5. The van der Waals surface area contributed by atoms with E-state index in [4.69, 9.17) is 0 Å². The van der Waals surface area contributed by atoms with Crippen molar-refractivity contribution in [2.75, 3.05) is 16.8 Å². The average molecular weight is 332 g/mol. The van der Waals surface area contributed by atoms with Crippen LogP contribution in [0, 0.1) is 0 Å². The van der Waals surface area contributed by atoms with Crippen LogP contribution >= 0.6 is 0 Å². The molecule has 5 heteroatoms. The fourth-order valence-electron chi connectivity index (χ4n) is 3.20. The summed E-state index contributed by atoms with van der Waals surface area (Å²) in [7, 11) is 0. The summed E-state index contributed by atoms with van der Waals surface area (Å²) in [6.45, 7) is 1.47. The van der Waals surface area contributed by atoms with E-state index in [0.29, 0.717) is 13.0 Å². The Balaban J connectivity index is 1.49. The number of hydrogen-bond acceptors (Lipinski definition) is 3.